The molecular weight excluding hydrogens is 326 g/mol. The molecule has 0 aromatic heterocycles. The van der Waals surface area contributed by atoms with Crippen LogP contribution in [0.25, 0.3) is 64.6 Å². The minimum absolute atomic E-state index is 0.369. The summed E-state index contributed by atoms with van der Waals surface area (Å²) >= 11 is 0. The molecule has 7 aromatic carbocycles. The maximum absolute atomic E-state index is 14.9. The Morgan fingerprint density at radius 3 is 0.962 bits per heavy atom. The Hall–Kier alpha value is -3.26. The molecule has 0 unspecified atom stereocenters. The largest absolute Gasteiger partial charge is 0.203 e. The van der Waals surface area contributed by atoms with Crippen molar-refractivity contribution in [3.8, 4) is 0 Å². The molecule has 0 spiro atoms. The van der Waals surface area contributed by atoms with E-state index >= 15 is 0 Å². The average Bonchev–Trinajstić information content (AvgIpc) is 2.69. The van der Waals surface area contributed by atoms with Gasteiger partial charge in [0.05, 0.1) is 0 Å². The first-order valence-electron chi connectivity index (χ1n) is 8.68. The van der Waals surface area contributed by atoms with Gasteiger partial charge in [-0.25, -0.2) is 8.78 Å². The standard InChI is InChI=1S/C24H10F2/c25-23-15-9-7-13-5-3-11-1-2-12-4-6-14-8-10-16(24(23)26)22-20(14)18(12)17(11)19(13)21(15)22/h1-10H. The summed E-state index contributed by atoms with van der Waals surface area (Å²) in [6, 6.07) is 19.9. The zero-order chi connectivity index (χ0) is 17.2. The van der Waals surface area contributed by atoms with Gasteiger partial charge < -0.3 is 0 Å². The lowest BCUT2D eigenvalue weighted by Gasteiger charge is -2.21. The van der Waals surface area contributed by atoms with Crippen LogP contribution in [0.5, 0.6) is 0 Å². The summed E-state index contributed by atoms with van der Waals surface area (Å²) in [4.78, 5) is 0. The minimum atomic E-state index is -0.752. The normalized spacial score (nSPS) is 13.0. The third kappa shape index (κ3) is 1.21. The SMILES string of the molecule is Fc1c(F)c2ccc3ccc4ccc5ccc6ccc1c1c6c5c4c3c21. The van der Waals surface area contributed by atoms with Crippen LogP contribution >= 0.6 is 0 Å². The van der Waals surface area contributed by atoms with Gasteiger partial charge in [-0.05, 0) is 43.1 Å². The highest BCUT2D eigenvalue weighted by molar-refractivity contribution is 6.44. The van der Waals surface area contributed by atoms with E-state index in [-0.39, 0.29) is 0 Å². The summed E-state index contributed by atoms with van der Waals surface area (Å²) in [7, 11) is 0. The first-order valence-corrected chi connectivity index (χ1v) is 8.68. The van der Waals surface area contributed by atoms with Gasteiger partial charge in [-0.15, -0.1) is 0 Å². The van der Waals surface area contributed by atoms with E-state index in [2.05, 4.69) is 36.4 Å². The van der Waals surface area contributed by atoms with Crippen molar-refractivity contribution < 1.29 is 8.78 Å². The van der Waals surface area contributed by atoms with Crippen LogP contribution in [0.4, 0.5) is 8.78 Å². The van der Waals surface area contributed by atoms with Crippen LogP contribution in [-0.4, -0.2) is 0 Å². The Bertz CT molecular complexity index is 1510. The Labute approximate surface area is 146 Å². The predicted octanol–water partition coefficient (Wildman–Crippen LogP) is 7.20. The van der Waals surface area contributed by atoms with Gasteiger partial charge in [0.1, 0.15) is 0 Å². The predicted molar refractivity (Wildman–Crippen MR) is 105 cm³/mol. The Kier molecular flexibility index (Phi) is 1.97. The topological polar surface area (TPSA) is 0 Å². The molecule has 0 bridgehead atoms. The van der Waals surface area contributed by atoms with Crippen molar-refractivity contribution in [2.75, 3.05) is 0 Å². The molecule has 0 heterocycles. The maximum Gasteiger partial charge on any atom is 0.167 e. The molecule has 0 radical (unpaired) electrons. The third-order valence-corrected chi connectivity index (χ3v) is 6.05. The summed E-state index contributed by atoms with van der Waals surface area (Å²) < 4.78 is 29.8. The van der Waals surface area contributed by atoms with E-state index in [0.717, 1.165) is 53.9 Å². The molecule has 7 rings (SSSR count). The minimum Gasteiger partial charge on any atom is -0.203 e. The van der Waals surface area contributed by atoms with Crippen LogP contribution in [0.3, 0.4) is 0 Å². The van der Waals surface area contributed by atoms with E-state index < -0.39 is 11.6 Å². The number of halogens is 2. The van der Waals surface area contributed by atoms with Gasteiger partial charge in [0.15, 0.2) is 11.6 Å². The molecule has 0 aliphatic rings. The van der Waals surface area contributed by atoms with E-state index in [1.54, 1.807) is 12.1 Å². The van der Waals surface area contributed by atoms with Crippen LogP contribution in [0.1, 0.15) is 0 Å². The number of benzene rings is 7. The van der Waals surface area contributed by atoms with Crippen molar-refractivity contribution in [2.24, 2.45) is 0 Å². The van der Waals surface area contributed by atoms with E-state index in [9.17, 15) is 8.78 Å². The molecule has 0 nitrogen and oxygen atoms in total. The molecule has 0 saturated carbocycles. The summed E-state index contributed by atoms with van der Waals surface area (Å²) in [5.41, 5.74) is 0. The van der Waals surface area contributed by atoms with Gasteiger partial charge in [-0.1, -0.05) is 60.7 Å². The molecule has 0 N–H and O–H groups in total. The molecule has 120 valence electrons. The average molecular weight is 336 g/mol. The first-order chi connectivity index (χ1) is 12.7. The molecule has 0 atom stereocenters. The third-order valence-electron chi connectivity index (χ3n) is 6.05. The highest BCUT2D eigenvalue weighted by atomic mass is 19.2. The van der Waals surface area contributed by atoms with E-state index in [4.69, 9.17) is 0 Å². The Morgan fingerprint density at radius 2 is 0.615 bits per heavy atom. The van der Waals surface area contributed by atoms with E-state index in [0.29, 0.717) is 10.8 Å². The molecular formula is C24H10F2. The van der Waals surface area contributed by atoms with Gasteiger partial charge in [0.25, 0.3) is 0 Å². The smallest absolute Gasteiger partial charge is 0.167 e. The lowest BCUT2D eigenvalue weighted by atomic mass is 9.82. The lowest BCUT2D eigenvalue weighted by molar-refractivity contribution is 0.525. The van der Waals surface area contributed by atoms with Gasteiger partial charge >= 0.3 is 0 Å². The van der Waals surface area contributed by atoms with Gasteiger partial charge in [-0.2, -0.15) is 0 Å². The molecule has 0 saturated heterocycles. The van der Waals surface area contributed by atoms with E-state index in [1.165, 1.54) is 0 Å². The first kappa shape index (κ1) is 13.0. The fourth-order valence-corrected chi connectivity index (χ4v) is 4.99. The zero-order valence-corrected chi connectivity index (χ0v) is 13.5. The van der Waals surface area contributed by atoms with Crippen molar-refractivity contribution >= 4 is 64.6 Å². The van der Waals surface area contributed by atoms with Gasteiger partial charge in [-0.3, -0.25) is 0 Å². The van der Waals surface area contributed by atoms with E-state index in [1.807, 2.05) is 12.1 Å². The zero-order valence-electron chi connectivity index (χ0n) is 13.5. The molecule has 0 fully saturated rings. The Balaban J connectivity index is 2.09. The van der Waals surface area contributed by atoms with Gasteiger partial charge in [0, 0.05) is 21.5 Å². The molecule has 2 heteroatoms. The molecule has 7 aromatic rings. The van der Waals surface area contributed by atoms with Crippen LogP contribution in [0, 0.1) is 11.6 Å². The van der Waals surface area contributed by atoms with Crippen LogP contribution < -0.4 is 0 Å². The maximum atomic E-state index is 14.9. The lowest BCUT2D eigenvalue weighted by Crippen LogP contribution is -1.96. The molecule has 0 aliphatic heterocycles. The fourth-order valence-electron chi connectivity index (χ4n) is 4.99. The summed E-state index contributed by atoms with van der Waals surface area (Å²) in [5, 5.41) is 11.2. The molecule has 0 amide bonds. The number of hydrogen-bond donors (Lipinski definition) is 0. The van der Waals surface area contributed by atoms with Crippen molar-refractivity contribution in [1.29, 1.82) is 0 Å². The molecule has 0 aliphatic carbocycles. The quantitative estimate of drug-likeness (QED) is 0.203. The van der Waals surface area contributed by atoms with Crippen LogP contribution in [0.2, 0.25) is 0 Å². The highest BCUT2D eigenvalue weighted by Gasteiger charge is 2.23. The van der Waals surface area contributed by atoms with Gasteiger partial charge in [0.2, 0.25) is 0 Å². The monoisotopic (exact) mass is 336 g/mol. The van der Waals surface area contributed by atoms with Crippen LogP contribution in [-0.2, 0) is 0 Å². The summed E-state index contributed by atoms with van der Waals surface area (Å²) in [6.07, 6.45) is 0. The van der Waals surface area contributed by atoms with Crippen molar-refractivity contribution in [3.63, 3.8) is 0 Å². The number of rotatable bonds is 0. The highest BCUT2D eigenvalue weighted by Crippen LogP contribution is 2.49. The number of hydrogen-bond acceptors (Lipinski definition) is 0. The summed E-state index contributed by atoms with van der Waals surface area (Å²) in [5.74, 6) is -1.50. The Morgan fingerprint density at radius 1 is 0.346 bits per heavy atom. The second-order valence-electron chi connectivity index (χ2n) is 7.19. The molecule has 26 heavy (non-hydrogen) atoms. The second-order valence-corrected chi connectivity index (χ2v) is 7.19. The van der Waals surface area contributed by atoms with Crippen molar-refractivity contribution in [3.05, 3.63) is 72.3 Å². The second kappa shape index (κ2) is 3.94. The summed E-state index contributed by atoms with van der Waals surface area (Å²) in [6.45, 7) is 0. The van der Waals surface area contributed by atoms with Crippen molar-refractivity contribution in [1.82, 2.24) is 0 Å². The fraction of sp³-hybridized carbons (Fsp3) is 0. The van der Waals surface area contributed by atoms with Crippen molar-refractivity contribution in [2.45, 2.75) is 0 Å². The van der Waals surface area contributed by atoms with Crippen LogP contribution in [0.15, 0.2) is 60.7 Å².